The molecule has 1 aromatic carbocycles. The summed E-state index contributed by atoms with van der Waals surface area (Å²) in [5, 5.41) is 0. The maximum atomic E-state index is 5.96. The van der Waals surface area contributed by atoms with Crippen LogP contribution in [-0.4, -0.2) is 6.54 Å². The molecule has 14 heavy (non-hydrogen) atoms. The van der Waals surface area contributed by atoms with Crippen molar-refractivity contribution in [3.8, 4) is 0 Å². The summed E-state index contributed by atoms with van der Waals surface area (Å²) in [6.45, 7) is 7.15. The highest BCUT2D eigenvalue weighted by Gasteiger charge is 2.30. The quantitative estimate of drug-likeness (QED) is 0.721. The molecule has 2 heteroatoms. The van der Waals surface area contributed by atoms with E-state index in [0.717, 1.165) is 11.3 Å². The van der Waals surface area contributed by atoms with E-state index >= 15 is 0 Å². The summed E-state index contributed by atoms with van der Waals surface area (Å²) >= 11 is 0. The van der Waals surface area contributed by atoms with Crippen molar-refractivity contribution < 1.29 is 0 Å². The van der Waals surface area contributed by atoms with Crippen molar-refractivity contribution in [2.75, 3.05) is 12.3 Å². The minimum atomic E-state index is -0.0225. The van der Waals surface area contributed by atoms with Gasteiger partial charge in [-0.1, -0.05) is 39.0 Å². The number of anilines is 1. The summed E-state index contributed by atoms with van der Waals surface area (Å²) in [6, 6.07) is 7.98. The third kappa shape index (κ3) is 1.75. The van der Waals surface area contributed by atoms with Crippen LogP contribution in [0.4, 0.5) is 5.69 Å². The molecular weight excluding hydrogens is 172 g/mol. The third-order valence-corrected chi connectivity index (χ3v) is 3.27. The standard InChI is InChI=1S/C12H20N2/c1-9(2)12(3,8-13)10-6-4-5-7-11(10)14/h4-7,9H,8,13-14H2,1-3H3. The average molecular weight is 192 g/mol. The SMILES string of the molecule is CC(C)C(C)(CN)c1ccccc1N. The molecule has 0 aliphatic heterocycles. The molecule has 0 aliphatic rings. The van der Waals surface area contributed by atoms with Gasteiger partial charge in [0, 0.05) is 17.6 Å². The summed E-state index contributed by atoms with van der Waals surface area (Å²) in [6.07, 6.45) is 0. The van der Waals surface area contributed by atoms with Crippen LogP contribution in [0.3, 0.4) is 0 Å². The highest BCUT2D eigenvalue weighted by Crippen LogP contribution is 2.34. The smallest absolute Gasteiger partial charge is 0.0352 e. The highest BCUT2D eigenvalue weighted by molar-refractivity contribution is 5.50. The lowest BCUT2D eigenvalue weighted by Gasteiger charge is -2.34. The van der Waals surface area contributed by atoms with Gasteiger partial charge in [-0.05, 0) is 17.5 Å². The Bertz CT molecular complexity index is 307. The monoisotopic (exact) mass is 192 g/mol. The van der Waals surface area contributed by atoms with E-state index in [1.54, 1.807) is 0 Å². The van der Waals surface area contributed by atoms with Crippen molar-refractivity contribution in [1.82, 2.24) is 0 Å². The summed E-state index contributed by atoms with van der Waals surface area (Å²) in [5.41, 5.74) is 13.8. The molecule has 0 spiro atoms. The van der Waals surface area contributed by atoms with E-state index in [1.165, 1.54) is 0 Å². The lowest BCUT2D eigenvalue weighted by molar-refractivity contribution is 0.349. The van der Waals surface area contributed by atoms with Crippen LogP contribution < -0.4 is 11.5 Å². The summed E-state index contributed by atoms with van der Waals surface area (Å²) in [5.74, 6) is 0.484. The van der Waals surface area contributed by atoms with Crippen LogP contribution in [0.15, 0.2) is 24.3 Å². The molecule has 0 saturated heterocycles. The van der Waals surface area contributed by atoms with Gasteiger partial charge in [-0.2, -0.15) is 0 Å². The number of nitrogen functional groups attached to an aromatic ring is 1. The van der Waals surface area contributed by atoms with Gasteiger partial charge in [0.1, 0.15) is 0 Å². The first-order valence-electron chi connectivity index (χ1n) is 5.07. The Morgan fingerprint density at radius 3 is 2.29 bits per heavy atom. The Morgan fingerprint density at radius 2 is 1.86 bits per heavy atom. The molecule has 1 aromatic rings. The van der Waals surface area contributed by atoms with E-state index in [0.29, 0.717) is 12.5 Å². The fourth-order valence-corrected chi connectivity index (χ4v) is 1.67. The number of hydrogen-bond acceptors (Lipinski definition) is 2. The van der Waals surface area contributed by atoms with Gasteiger partial charge >= 0.3 is 0 Å². The van der Waals surface area contributed by atoms with E-state index in [-0.39, 0.29) is 5.41 Å². The molecule has 0 aliphatic carbocycles. The van der Waals surface area contributed by atoms with Crippen LogP contribution in [-0.2, 0) is 5.41 Å². The van der Waals surface area contributed by atoms with Gasteiger partial charge in [-0.25, -0.2) is 0 Å². The Balaban J connectivity index is 3.19. The highest BCUT2D eigenvalue weighted by atomic mass is 14.6. The molecular formula is C12H20N2. The van der Waals surface area contributed by atoms with Gasteiger partial charge in [0.25, 0.3) is 0 Å². The fourth-order valence-electron chi connectivity index (χ4n) is 1.67. The summed E-state index contributed by atoms with van der Waals surface area (Å²) in [4.78, 5) is 0. The molecule has 1 unspecified atom stereocenters. The first kappa shape index (κ1) is 11.1. The Hall–Kier alpha value is -1.02. The van der Waals surface area contributed by atoms with Gasteiger partial charge in [-0.15, -0.1) is 0 Å². The Labute approximate surface area is 86.3 Å². The molecule has 4 N–H and O–H groups in total. The van der Waals surface area contributed by atoms with Gasteiger partial charge in [0.2, 0.25) is 0 Å². The van der Waals surface area contributed by atoms with Crippen molar-refractivity contribution in [1.29, 1.82) is 0 Å². The van der Waals surface area contributed by atoms with E-state index in [4.69, 9.17) is 11.5 Å². The van der Waals surface area contributed by atoms with E-state index in [2.05, 4.69) is 26.8 Å². The molecule has 0 amide bonds. The lowest BCUT2D eigenvalue weighted by Crippen LogP contribution is -2.37. The maximum Gasteiger partial charge on any atom is 0.0352 e. The van der Waals surface area contributed by atoms with Crippen LogP contribution in [0, 0.1) is 5.92 Å². The molecule has 0 saturated carbocycles. The van der Waals surface area contributed by atoms with Crippen LogP contribution in [0.1, 0.15) is 26.3 Å². The zero-order chi connectivity index (χ0) is 10.8. The molecule has 1 atom stereocenters. The van der Waals surface area contributed by atoms with Crippen LogP contribution in [0.5, 0.6) is 0 Å². The molecule has 0 heterocycles. The predicted octanol–water partition coefficient (Wildman–Crippen LogP) is 2.14. The number of hydrogen-bond donors (Lipinski definition) is 2. The third-order valence-electron chi connectivity index (χ3n) is 3.27. The van der Waals surface area contributed by atoms with E-state index in [1.807, 2.05) is 18.2 Å². The van der Waals surface area contributed by atoms with Crippen molar-refractivity contribution >= 4 is 5.69 Å². The molecule has 1 rings (SSSR count). The summed E-state index contributed by atoms with van der Waals surface area (Å²) in [7, 11) is 0. The van der Waals surface area contributed by atoms with Crippen LogP contribution >= 0.6 is 0 Å². The zero-order valence-electron chi connectivity index (χ0n) is 9.25. The summed E-state index contributed by atoms with van der Waals surface area (Å²) < 4.78 is 0. The topological polar surface area (TPSA) is 52.0 Å². The average Bonchev–Trinajstić information content (AvgIpc) is 2.17. The minimum absolute atomic E-state index is 0.0225. The molecule has 0 radical (unpaired) electrons. The van der Waals surface area contributed by atoms with Crippen molar-refractivity contribution in [2.24, 2.45) is 11.7 Å². The second-order valence-corrected chi connectivity index (χ2v) is 4.36. The van der Waals surface area contributed by atoms with Crippen LogP contribution in [0.2, 0.25) is 0 Å². The molecule has 0 fully saturated rings. The van der Waals surface area contributed by atoms with Crippen molar-refractivity contribution in [3.63, 3.8) is 0 Å². The molecule has 2 nitrogen and oxygen atoms in total. The normalized spacial score (nSPS) is 15.5. The van der Waals surface area contributed by atoms with Gasteiger partial charge in [-0.3, -0.25) is 0 Å². The van der Waals surface area contributed by atoms with E-state index < -0.39 is 0 Å². The number of para-hydroxylation sites is 1. The van der Waals surface area contributed by atoms with Crippen molar-refractivity contribution in [2.45, 2.75) is 26.2 Å². The predicted molar refractivity (Wildman–Crippen MR) is 62.1 cm³/mol. The number of rotatable bonds is 3. The Kier molecular flexibility index (Phi) is 3.17. The molecule has 78 valence electrons. The molecule has 0 aromatic heterocycles. The van der Waals surface area contributed by atoms with Crippen LogP contribution in [0.25, 0.3) is 0 Å². The van der Waals surface area contributed by atoms with E-state index in [9.17, 15) is 0 Å². The second-order valence-electron chi connectivity index (χ2n) is 4.36. The number of benzene rings is 1. The molecule has 0 bridgehead atoms. The van der Waals surface area contributed by atoms with Gasteiger partial charge in [0.05, 0.1) is 0 Å². The number of nitrogens with two attached hydrogens (primary N) is 2. The first-order chi connectivity index (χ1) is 6.52. The zero-order valence-corrected chi connectivity index (χ0v) is 9.25. The maximum absolute atomic E-state index is 5.96. The van der Waals surface area contributed by atoms with Crippen molar-refractivity contribution in [3.05, 3.63) is 29.8 Å². The Morgan fingerprint density at radius 1 is 1.29 bits per heavy atom. The first-order valence-corrected chi connectivity index (χ1v) is 5.07. The second kappa shape index (κ2) is 4.01. The minimum Gasteiger partial charge on any atom is -0.398 e. The largest absolute Gasteiger partial charge is 0.398 e. The van der Waals surface area contributed by atoms with Gasteiger partial charge < -0.3 is 11.5 Å². The fraction of sp³-hybridized carbons (Fsp3) is 0.500. The lowest BCUT2D eigenvalue weighted by atomic mass is 9.73. The van der Waals surface area contributed by atoms with Gasteiger partial charge in [0.15, 0.2) is 0 Å².